The first kappa shape index (κ1) is 14.4. The van der Waals surface area contributed by atoms with Gasteiger partial charge in [-0.25, -0.2) is 12.8 Å². The van der Waals surface area contributed by atoms with Crippen molar-refractivity contribution in [3.63, 3.8) is 0 Å². The fourth-order valence-electron chi connectivity index (χ4n) is 1.93. The van der Waals surface area contributed by atoms with Crippen molar-refractivity contribution >= 4 is 31.3 Å². The molecule has 2 aromatic rings. The van der Waals surface area contributed by atoms with Gasteiger partial charge in [-0.1, -0.05) is 0 Å². The zero-order chi connectivity index (χ0) is 14.0. The molecule has 0 spiro atoms. The summed E-state index contributed by atoms with van der Waals surface area (Å²) in [7, 11) is -2.93. The predicted molar refractivity (Wildman–Crippen MR) is 77.7 cm³/mol. The average molecular weight is 301 g/mol. The Balaban J connectivity index is 2.07. The molecular formula is C13H16FNO2S2. The van der Waals surface area contributed by atoms with Crippen molar-refractivity contribution in [1.29, 1.82) is 0 Å². The van der Waals surface area contributed by atoms with Crippen LogP contribution in [-0.4, -0.2) is 20.4 Å². The van der Waals surface area contributed by atoms with Gasteiger partial charge in [0.15, 0.2) is 0 Å². The maximum absolute atomic E-state index is 13.1. The Bertz CT molecular complexity index is 679. The smallest absolute Gasteiger partial charge is 0.147 e. The lowest BCUT2D eigenvalue weighted by molar-refractivity contribution is 0.589. The van der Waals surface area contributed by atoms with Crippen molar-refractivity contribution in [1.82, 2.24) is 0 Å². The van der Waals surface area contributed by atoms with Crippen LogP contribution in [0.5, 0.6) is 0 Å². The maximum Gasteiger partial charge on any atom is 0.147 e. The van der Waals surface area contributed by atoms with Gasteiger partial charge in [0, 0.05) is 27.6 Å². The summed E-state index contributed by atoms with van der Waals surface area (Å²) < 4.78 is 36.2. The second-order valence-corrected chi connectivity index (χ2v) is 8.08. The van der Waals surface area contributed by atoms with E-state index >= 15 is 0 Å². The molecule has 0 fully saturated rings. The van der Waals surface area contributed by atoms with Crippen molar-refractivity contribution in [2.75, 3.05) is 12.0 Å². The van der Waals surface area contributed by atoms with E-state index in [0.717, 1.165) is 15.0 Å². The summed E-state index contributed by atoms with van der Waals surface area (Å²) in [5, 5.41) is 0.846. The first-order valence-electron chi connectivity index (χ1n) is 5.97. The van der Waals surface area contributed by atoms with E-state index in [1.54, 1.807) is 6.07 Å². The van der Waals surface area contributed by atoms with Crippen molar-refractivity contribution in [3.05, 3.63) is 35.0 Å². The van der Waals surface area contributed by atoms with Gasteiger partial charge in [-0.15, -0.1) is 11.3 Å². The highest BCUT2D eigenvalue weighted by molar-refractivity contribution is 7.90. The molecule has 104 valence electrons. The van der Waals surface area contributed by atoms with Gasteiger partial charge in [0.05, 0.1) is 0 Å². The SMILES string of the molecule is CS(=O)(=O)CCCC(N)c1cc2cc(F)ccc2s1. The van der Waals surface area contributed by atoms with Gasteiger partial charge in [0.1, 0.15) is 15.7 Å². The van der Waals surface area contributed by atoms with Crippen LogP contribution in [0.3, 0.4) is 0 Å². The summed E-state index contributed by atoms with van der Waals surface area (Å²) in [6.45, 7) is 0. The Morgan fingerprint density at radius 1 is 1.37 bits per heavy atom. The molecule has 2 N–H and O–H groups in total. The van der Waals surface area contributed by atoms with Crippen LogP contribution in [0, 0.1) is 5.82 Å². The van der Waals surface area contributed by atoms with Crippen LogP contribution in [0.1, 0.15) is 23.8 Å². The third-order valence-corrected chi connectivity index (χ3v) is 5.17. The highest BCUT2D eigenvalue weighted by Crippen LogP contribution is 2.31. The Kier molecular flexibility index (Phi) is 4.23. The quantitative estimate of drug-likeness (QED) is 0.923. The molecule has 0 radical (unpaired) electrons. The number of sulfone groups is 1. The molecule has 6 heteroatoms. The second kappa shape index (κ2) is 5.56. The van der Waals surface area contributed by atoms with Crippen LogP contribution in [0.2, 0.25) is 0 Å². The van der Waals surface area contributed by atoms with Crippen LogP contribution in [-0.2, 0) is 9.84 Å². The third kappa shape index (κ3) is 3.99. The normalized spacial score (nSPS) is 13.8. The van der Waals surface area contributed by atoms with Gasteiger partial charge in [0.2, 0.25) is 0 Å². The molecule has 1 heterocycles. The van der Waals surface area contributed by atoms with Gasteiger partial charge >= 0.3 is 0 Å². The summed E-state index contributed by atoms with van der Waals surface area (Å²) in [6, 6.07) is 6.34. The standard InChI is InChI=1S/C13H16FNO2S2/c1-19(16,17)6-2-3-11(15)13-8-9-7-10(14)4-5-12(9)18-13/h4-5,7-8,11H,2-3,6,15H2,1H3. The van der Waals surface area contributed by atoms with E-state index in [4.69, 9.17) is 5.73 Å². The van der Waals surface area contributed by atoms with E-state index in [1.807, 2.05) is 6.07 Å². The molecular weight excluding hydrogens is 285 g/mol. The van der Waals surface area contributed by atoms with E-state index in [2.05, 4.69) is 0 Å². The fourth-order valence-corrected chi connectivity index (χ4v) is 3.70. The molecule has 1 unspecified atom stereocenters. The lowest BCUT2D eigenvalue weighted by Crippen LogP contribution is -2.11. The topological polar surface area (TPSA) is 60.2 Å². The number of fused-ring (bicyclic) bond motifs is 1. The van der Waals surface area contributed by atoms with Crippen molar-refractivity contribution in [2.45, 2.75) is 18.9 Å². The van der Waals surface area contributed by atoms with Crippen molar-refractivity contribution < 1.29 is 12.8 Å². The first-order valence-corrected chi connectivity index (χ1v) is 8.85. The Labute approximate surface area is 116 Å². The highest BCUT2D eigenvalue weighted by atomic mass is 32.2. The molecule has 19 heavy (non-hydrogen) atoms. The zero-order valence-electron chi connectivity index (χ0n) is 10.6. The number of benzene rings is 1. The molecule has 0 saturated carbocycles. The van der Waals surface area contributed by atoms with Crippen molar-refractivity contribution in [2.24, 2.45) is 5.73 Å². The van der Waals surface area contributed by atoms with E-state index in [1.165, 1.54) is 29.7 Å². The maximum atomic E-state index is 13.1. The van der Waals surface area contributed by atoms with Gasteiger partial charge in [-0.2, -0.15) is 0 Å². The molecule has 1 aromatic carbocycles. The van der Waals surface area contributed by atoms with Gasteiger partial charge in [-0.05, 0) is 42.5 Å². The number of hydrogen-bond donors (Lipinski definition) is 1. The molecule has 0 bridgehead atoms. The first-order chi connectivity index (χ1) is 8.85. The zero-order valence-corrected chi connectivity index (χ0v) is 12.2. The lowest BCUT2D eigenvalue weighted by Gasteiger charge is -2.08. The number of rotatable bonds is 5. The molecule has 0 aliphatic carbocycles. The van der Waals surface area contributed by atoms with Gasteiger partial charge < -0.3 is 5.73 Å². The van der Waals surface area contributed by atoms with E-state index in [0.29, 0.717) is 12.8 Å². The molecule has 0 saturated heterocycles. The van der Waals surface area contributed by atoms with Crippen LogP contribution in [0.15, 0.2) is 24.3 Å². The number of thiophene rings is 1. The van der Waals surface area contributed by atoms with Gasteiger partial charge in [0.25, 0.3) is 0 Å². The van der Waals surface area contributed by atoms with E-state index < -0.39 is 9.84 Å². The lowest BCUT2D eigenvalue weighted by atomic mass is 10.1. The van der Waals surface area contributed by atoms with Crippen LogP contribution in [0.4, 0.5) is 4.39 Å². The van der Waals surface area contributed by atoms with Gasteiger partial charge in [-0.3, -0.25) is 0 Å². The number of hydrogen-bond acceptors (Lipinski definition) is 4. The highest BCUT2D eigenvalue weighted by Gasteiger charge is 2.12. The third-order valence-electron chi connectivity index (χ3n) is 2.89. The minimum Gasteiger partial charge on any atom is -0.323 e. The molecule has 0 amide bonds. The van der Waals surface area contributed by atoms with Crippen LogP contribution < -0.4 is 5.73 Å². The minimum atomic E-state index is -2.93. The summed E-state index contributed by atoms with van der Waals surface area (Å²) in [5.41, 5.74) is 6.05. The molecule has 0 aliphatic heterocycles. The summed E-state index contributed by atoms with van der Waals surface area (Å²) >= 11 is 1.53. The van der Waals surface area contributed by atoms with Crippen LogP contribution >= 0.6 is 11.3 Å². The largest absolute Gasteiger partial charge is 0.323 e. The molecule has 1 atom stereocenters. The van der Waals surface area contributed by atoms with E-state index in [-0.39, 0.29) is 17.6 Å². The molecule has 3 nitrogen and oxygen atoms in total. The number of halogens is 1. The molecule has 0 aliphatic rings. The minimum absolute atomic E-state index is 0.153. The molecule has 2 rings (SSSR count). The number of nitrogens with two attached hydrogens (primary N) is 1. The second-order valence-electron chi connectivity index (χ2n) is 4.71. The monoisotopic (exact) mass is 301 g/mol. The predicted octanol–water partition coefficient (Wildman–Crippen LogP) is 2.87. The fraction of sp³-hybridized carbons (Fsp3) is 0.385. The van der Waals surface area contributed by atoms with Crippen molar-refractivity contribution in [3.8, 4) is 0 Å². The average Bonchev–Trinajstić information content (AvgIpc) is 2.70. The summed E-state index contributed by atoms with van der Waals surface area (Å²) in [4.78, 5) is 0.967. The Morgan fingerprint density at radius 3 is 2.79 bits per heavy atom. The molecule has 1 aromatic heterocycles. The summed E-state index contributed by atoms with van der Waals surface area (Å²) in [6.07, 6.45) is 2.38. The Hall–Kier alpha value is -0.980. The summed E-state index contributed by atoms with van der Waals surface area (Å²) in [5.74, 6) is -0.109. The van der Waals surface area contributed by atoms with E-state index in [9.17, 15) is 12.8 Å². The Morgan fingerprint density at radius 2 is 2.11 bits per heavy atom. The van der Waals surface area contributed by atoms with Crippen LogP contribution in [0.25, 0.3) is 10.1 Å².